The first-order valence-corrected chi connectivity index (χ1v) is 6.66. The van der Waals surface area contributed by atoms with Crippen LogP contribution in [-0.2, 0) is 0 Å². The maximum Gasteiger partial charge on any atom is 0.124 e. The van der Waals surface area contributed by atoms with Gasteiger partial charge in [-0.3, -0.25) is 5.32 Å². The Bertz CT molecular complexity index is 381. The Balaban J connectivity index is 2.24. The molecule has 1 atom stereocenters. The van der Waals surface area contributed by atoms with Crippen molar-refractivity contribution in [2.45, 2.75) is 24.8 Å². The standard InChI is InChI=1S/C11H13BrFNS/c1-11(2)6-15-10(14-11)8-4-3-7(13)5-9(8)12/h3-5,10,14H,6H2,1-2H3. The van der Waals surface area contributed by atoms with E-state index in [2.05, 4.69) is 35.1 Å². The van der Waals surface area contributed by atoms with E-state index in [-0.39, 0.29) is 16.7 Å². The maximum absolute atomic E-state index is 12.9. The molecule has 1 nitrogen and oxygen atoms in total. The summed E-state index contributed by atoms with van der Waals surface area (Å²) in [5, 5.41) is 3.78. The number of rotatable bonds is 1. The Morgan fingerprint density at radius 1 is 1.53 bits per heavy atom. The Hall–Kier alpha value is -0.0600. The number of halogens is 2. The highest BCUT2D eigenvalue weighted by Crippen LogP contribution is 2.39. The molecule has 1 aromatic carbocycles. The molecule has 1 N–H and O–H groups in total. The first-order valence-electron chi connectivity index (χ1n) is 4.82. The smallest absolute Gasteiger partial charge is 0.124 e. The predicted octanol–water partition coefficient (Wildman–Crippen LogP) is 3.70. The normalized spacial score (nSPS) is 24.4. The Morgan fingerprint density at radius 2 is 2.27 bits per heavy atom. The van der Waals surface area contributed by atoms with Crippen molar-refractivity contribution in [3.63, 3.8) is 0 Å². The molecule has 1 saturated heterocycles. The Labute approximate surface area is 102 Å². The third-order valence-electron chi connectivity index (χ3n) is 2.38. The number of hydrogen-bond acceptors (Lipinski definition) is 2. The van der Waals surface area contributed by atoms with E-state index in [1.807, 2.05) is 17.8 Å². The second-order valence-corrected chi connectivity index (χ2v) is 6.33. The molecule has 1 fully saturated rings. The third kappa shape index (κ3) is 2.55. The van der Waals surface area contributed by atoms with Gasteiger partial charge in [0.25, 0.3) is 0 Å². The lowest BCUT2D eigenvalue weighted by Crippen LogP contribution is -2.35. The average molecular weight is 290 g/mol. The largest absolute Gasteiger partial charge is 0.296 e. The summed E-state index contributed by atoms with van der Waals surface area (Å²) in [4.78, 5) is 0. The molecule has 1 unspecified atom stereocenters. The van der Waals surface area contributed by atoms with Crippen LogP contribution >= 0.6 is 27.7 Å². The molecule has 4 heteroatoms. The van der Waals surface area contributed by atoms with Gasteiger partial charge in [0.05, 0.1) is 5.37 Å². The van der Waals surface area contributed by atoms with E-state index in [1.165, 1.54) is 12.1 Å². The van der Waals surface area contributed by atoms with Crippen LogP contribution in [0.5, 0.6) is 0 Å². The van der Waals surface area contributed by atoms with Gasteiger partial charge in [0.15, 0.2) is 0 Å². The van der Waals surface area contributed by atoms with Gasteiger partial charge in [0.1, 0.15) is 5.82 Å². The highest BCUT2D eigenvalue weighted by atomic mass is 79.9. The first kappa shape index (κ1) is 11.4. The quantitative estimate of drug-likeness (QED) is 0.846. The summed E-state index contributed by atoms with van der Waals surface area (Å²) in [5.74, 6) is 0.870. The lowest BCUT2D eigenvalue weighted by molar-refractivity contribution is 0.451. The lowest BCUT2D eigenvalue weighted by Gasteiger charge is -2.19. The minimum absolute atomic E-state index is 0.156. The van der Waals surface area contributed by atoms with Crippen molar-refractivity contribution in [2.75, 3.05) is 5.75 Å². The molecular formula is C11H13BrFNS. The van der Waals surface area contributed by atoms with Crippen molar-refractivity contribution in [1.82, 2.24) is 5.32 Å². The summed E-state index contributed by atoms with van der Waals surface area (Å²) in [6.07, 6.45) is 0. The van der Waals surface area contributed by atoms with Gasteiger partial charge in [-0.1, -0.05) is 22.0 Å². The molecule has 1 aromatic rings. The summed E-state index contributed by atoms with van der Waals surface area (Å²) >= 11 is 5.26. The van der Waals surface area contributed by atoms with Crippen LogP contribution in [0.15, 0.2) is 22.7 Å². The van der Waals surface area contributed by atoms with E-state index in [0.29, 0.717) is 0 Å². The van der Waals surface area contributed by atoms with Crippen molar-refractivity contribution in [2.24, 2.45) is 0 Å². The van der Waals surface area contributed by atoms with Gasteiger partial charge in [-0.05, 0) is 31.5 Å². The lowest BCUT2D eigenvalue weighted by atomic mass is 10.1. The molecular weight excluding hydrogens is 277 g/mol. The zero-order chi connectivity index (χ0) is 11.1. The molecule has 1 aliphatic heterocycles. The zero-order valence-corrected chi connectivity index (χ0v) is 11.1. The predicted molar refractivity (Wildman–Crippen MR) is 66.5 cm³/mol. The van der Waals surface area contributed by atoms with Crippen LogP contribution in [0.3, 0.4) is 0 Å². The third-order valence-corrected chi connectivity index (χ3v) is 4.66. The topological polar surface area (TPSA) is 12.0 Å². The van der Waals surface area contributed by atoms with Gasteiger partial charge in [0.2, 0.25) is 0 Å². The molecule has 0 amide bonds. The fraction of sp³-hybridized carbons (Fsp3) is 0.455. The van der Waals surface area contributed by atoms with Crippen LogP contribution in [0.2, 0.25) is 0 Å². The maximum atomic E-state index is 12.9. The molecule has 82 valence electrons. The molecule has 0 radical (unpaired) electrons. The molecule has 0 bridgehead atoms. The molecule has 0 aliphatic carbocycles. The van der Waals surface area contributed by atoms with Crippen molar-refractivity contribution >= 4 is 27.7 Å². The molecule has 1 heterocycles. The molecule has 0 saturated carbocycles. The number of nitrogens with one attached hydrogen (secondary N) is 1. The van der Waals surface area contributed by atoms with Gasteiger partial charge in [-0.25, -0.2) is 4.39 Å². The number of thioether (sulfide) groups is 1. The highest BCUT2D eigenvalue weighted by Gasteiger charge is 2.32. The highest BCUT2D eigenvalue weighted by molar-refractivity contribution is 9.10. The van der Waals surface area contributed by atoms with Gasteiger partial charge in [0, 0.05) is 15.8 Å². The molecule has 0 spiro atoms. The van der Waals surface area contributed by atoms with Gasteiger partial charge < -0.3 is 0 Å². The molecule has 1 aliphatic rings. The van der Waals surface area contributed by atoms with E-state index in [0.717, 1.165) is 15.8 Å². The van der Waals surface area contributed by atoms with Crippen LogP contribution in [0, 0.1) is 5.82 Å². The summed E-state index contributed by atoms with van der Waals surface area (Å²) in [7, 11) is 0. The number of hydrogen-bond donors (Lipinski definition) is 1. The van der Waals surface area contributed by atoms with Crippen LogP contribution in [-0.4, -0.2) is 11.3 Å². The van der Waals surface area contributed by atoms with Gasteiger partial charge >= 0.3 is 0 Å². The van der Waals surface area contributed by atoms with Crippen LogP contribution in [0.25, 0.3) is 0 Å². The van der Waals surface area contributed by atoms with E-state index < -0.39 is 0 Å². The van der Waals surface area contributed by atoms with E-state index in [4.69, 9.17) is 0 Å². The Kier molecular flexibility index (Phi) is 3.10. The SMILES string of the molecule is CC1(C)CSC(c2ccc(F)cc2Br)N1. The van der Waals surface area contributed by atoms with Gasteiger partial charge in [-0.15, -0.1) is 11.8 Å². The summed E-state index contributed by atoms with van der Waals surface area (Å²) in [5.41, 5.74) is 1.27. The fourth-order valence-electron chi connectivity index (χ4n) is 1.61. The summed E-state index contributed by atoms with van der Waals surface area (Å²) in [6, 6.07) is 4.86. The monoisotopic (exact) mass is 289 g/mol. The van der Waals surface area contributed by atoms with Crippen molar-refractivity contribution in [3.05, 3.63) is 34.1 Å². The van der Waals surface area contributed by atoms with Crippen LogP contribution < -0.4 is 5.32 Å². The van der Waals surface area contributed by atoms with Crippen LogP contribution in [0.4, 0.5) is 4.39 Å². The fourth-order valence-corrected chi connectivity index (χ4v) is 3.80. The van der Waals surface area contributed by atoms with Crippen molar-refractivity contribution < 1.29 is 4.39 Å². The first-order chi connectivity index (χ1) is 6.98. The molecule has 15 heavy (non-hydrogen) atoms. The number of benzene rings is 1. The minimum atomic E-state index is -0.201. The molecule has 2 rings (SSSR count). The Morgan fingerprint density at radius 3 is 2.80 bits per heavy atom. The van der Waals surface area contributed by atoms with Crippen molar-refractivity contribution in [3.8, 4) is 0 Å². The zero-order valence-electron chi connectivity index (χ0n) is 8.68. The average Bonchev–Trinajstić information content (AvgIpc) is 2.46. The minimum Gasteiger partial charge on any atom is -0.296 e. The van der Waals surface area contributed by atoms with Crippen molar-refractivity contribution in [1.29, 1.82) is 0 Å². The summed E-state index contributed by atoms with van der Waals surface area (Å²) < 4.78 is 13.8. The van der Waals surface area contributed by atoms with Crippen LogP contribution in [0.1, 0.15) is 24.8 Å². The van der Waals surface area contributed by atoms with Gasteiger partial charge in [-0.2, -0.15) is 0 Å². The summed E-state index contributed by atoms with van der Waals surface area (Å²) in [6.45, 7) is 4.36. The second-order valence-electron chi connectivity index (χ2n) is 4.39. The second kappa shape index (κ2) is 4.07. The van der Waals surface area contributed by atoms with E-state index in [1.54, 1.807) is 0 Å². The van der Waals surface area contributed by atoms with E-state index in [9.17, 15) is 4.39 Å². The van der Waals surface area contributed by atoms with E-state index >= 15 is 0 Å². The molecule has 0 aromatic heterocycles.